The van der Waals surface area contributed by atoms with Gasteiger partial charge in [-0.1, -0.05) is 12.1 Å². The van der Waals surface area contributed by atoms with Gasteiger partial charge in [-0.15, -0.1) is 0 Å². The molecule has 0 spiro atoms. The monoisotopic (exact) mass is 385 g/mol. The van der Waals surface area contributed by atoms with Crippen LogP contribution in [0.25, 0.3) is 0 Å². The van der Waals surface area contributed by atoms with Crippen molar-refractivity contribution in [2.24, 2.45) is 5.10 Å². The number of hydrazone groups is 1. The lowest BCUT2D eigenvalue weighted by Crippen LogP contribution is -2.37. The van der Waals surface area contributed by atoms with Gasteiger partial charge in [0.2, 0.25) is 0 Å². The molecule has 0 aliphatic heterocycles. The van der Waals surface area contributed by atoms with Gasteiger partial charge in [0.15, 0.2) is 6.61 Å². The zero-order valence-electron chi connectivity index (χ0n) is 15.0. The lowest BCUT2D eigenvalue weighted by molar-refractivity contribution is -0.139. The summed E-state index contributed by atoms with van der Waals surface area (Å²) in [7, 11) is 1.56. The SMILES string of the molecule is COc1ccc(CNC(=O)C(=O)N/N=C\c2ccc(OCC(=O)O)cc2)cc1. The van der Waals surface area contributed by atoms with Crippen molar-refractivity contribution >= 4 is 24.0 Å². The number of benzene rings is 2. The molecule has 9 heteroatoms. The van der Waals surface area contributed by atoms with Crippen molar-refractivity contribution < 1.29 is 29.0 Å². The molecule has 2 rings (SSSR count). The molecule has 2 aromatic carbocycles. The molecule has 0 radical (unpaired) electrons. The van der Waals surface area contributed by atoms with Crippen LogP contribution < -0.4 is 20.2 Å². The lowest BCUT2D eigenvalue weighted by Gasteiger charge is -2.05. The van der Waals surface area contributed by atoms with Gasteiger partial charge in [-0.3, -0.25) is 9.59 Å². The van der Waals surface area contributed by atoms with Crippen LogP contribution in [0, 0.1) is 0 Å². The predicted molar refractivity (Wildman–Crippen MR) is 100 cm³/mol. The number of nitrogens with zero attached hydrogens (tertiary/aromatic N) is 1. The molecule has 0 fully saturated rings. The molecule has 2 amide bonds. The number of hydrogen-bond acceptors (Lipinski definition) is 6. The number of carboxylic acids is 1. The van der Waals surface area contributed by atoms with E-state index >= 15 is 0 Å². The van der Waals surface area contributed by atoms with Crippen LogP contribution >= 0.6 is 0 Å². The van der Waals surface area contributed by atoms with Crippen LogP contribution in [-0.4, -0.2) is 42.8 Å². The fourth-order valence-electron chi connectivity index (χ4n) is 2.02. The summed E-state index contributed by atoms with van der Waals surface area (Å²) >= 11 is 0. The summed E-state index contributed by atoms with van der Waals surface area (Å²) in [6, 6.07) is 13.4. The van der Waals surface area contributed by atoms with Crippen molar-refractivity contribution in [1.82, 2.24) is 10.7 Å². The first kappa shape index (κ1) is 20.4. The van der Waals surface area contributed by atoms with E-state index in [1.165, 1.54) is 6.21 Å². The van der Waals surface area contributed by atoms with E-state index in [4.69, 9.17) is 14.6 Å². The minimum Gasteiger partial charge on any atom is -0.497 e. The molecule has 0 saturated heterocycles. The highest BCUT2D eigenvalue weighted by molar-refractivity contribution is 6.35. The third kappa shape index (κ3) is 6.79. The molecule has 0 bridgehead atoms. The largest absolute Gasteiger partial charge is 0.497 e. The summed E-state index contributed by atoms with van der Waals surface area (Å²) < 4.78 is 10.0. The first-order valence-electron chi connectivity index (χ1n) is 8.17. The van der Waals surface area contributed by atoms with Gasteiger partial charge in [0, 0.05) is 6.54 Å². The minimum atomic E-state index is -1.07. The van der Waals surface area contributed by atoms with Crippen LogP contribution in [0.1, 0.15) is 11.1 Å². The van der Waals surface area contributed by atoms with Gasteiger partial charge in [0.25, 0.3) is 0 Å². The van der Waals surface area contributed by atoms with Crippen LogP contribution in [0.4, 0.5) is 0 Å². The second kappa shape index (κ2) is 10.3. The van der Waals surface area contributed by atoms with Crippen molar-refractivity contribution in [3.63, 3.8) is 0 Å². The molecule has 28 heavy (non-hydrogen) atoms. The van der Waals surface area contributed by atoms with Gasteiger partial charge in [-0.2, -0.15) is 5.10 Å². The molecular formula is C19H19N3O6. The Kier molecular flexibility index (Phi) is 7.53. The van der Waals surface area contributed by atoms with Crippen molar-refractivity contribution in [3.8, 4) is 11.5 Å². The third-order valence-electron chi connectivity index (χ3n) is 3.44. The van der Waals surface area contributed by atoms with Crippen molar-refractivity contribution in [2.75, 3.05) is 13.7 Å². The standard InChI is InChI=1S/C19H19N3O6/c1-27-15-6-2-13(3-7-15)10-20-18(25)19(26)22-21-11-14-4-8-16(9-5-14)28-12-17(23)24/h2-9,11H,10,12H2,1H3,(H,20,25)(H,22,26)(H,23,24)/b21-11-. The zero-order valence-corrected chi connectivity index (χ0v) is 15.0. The van der Waals surface area contributed by atoms with Crippen molar-refractivity contribution in [3.05, 3.63) is 59.7 Å². The number of carbonyl (C=O) groups is 3. The van der Waals surface area contributed by atoms with E-state index in [1.807, 2.05) is 0 Å². The average molecular weight is 385 g/mol. The number of amides is 2. The van der Waals surface area contributed by atoms with E-state index < -0.39 is 24.4 Å². The number of ether oxygens (including phenoxy) is 2. The Labute approximate surface area is 161 Å². The molecule has 0 aromatic heterocycles. The topological polar surface area (TPSA) is 126 Å². The fourth-order valence-corrected chi connectivity index (χ4v) is 2.02. The second-order valence-corrected chi connectivity index (χ2v) is 5.48. The van der Waals surface area contributed by atoms with Gasteiger partial charge in [-0.25, -0.2) is 10.2 Å². The van der Waals surface area contributed by atoms with E-state index in [9.17, 15) is 14.4 Å². The van der Waals surface area contributed by atoms with E-state index in [0.29, 0.717) is 17.1 Å². The number of hydrogen-bond donors (Lipinski definition) is 3. The second-order valence-electron chi connectivity index (χ2n) is 5.48. The quantitative estimate of drug-likeness (QED) is 0.352. The molecule has 0 aliphatic carbocycles. The number of nitrogens with one attached hydrogen (secondary N) is 2. The molecule has 146 valence electrons. The van der Waals surface area contributed by atoms with Crippen LogP contribution in [0.5, 0.6) is 11.5 Å². The maximum Gasteiger partial charge on any atom is 0.341 e. The lowest BCUT2D eigenvalue weighted by atomic mass is 10.2. The predicted octanol–water partition coefficient (Wildman–Crippen LogP) is 0.925. The number of aliphatic carboxylic acids is 1. The highest BCUT2D eigenvalue weighted by Gasteiger charge is 2.11. The Hall–Kier alpha value is -3.88. The Morgan fingerprint density at radius 2 is 1.64 bits per heavy atom. The van der Waals surface area contributed by atoms with Gasteiger partial charge in [0.05, 0.1) is 13.3 Å². The number of methoxy groups -OCH3 is 1. The molecule has 0 saturated carbocycles. The molecule has 9 nitrogen and oxygen atoms in total. The molecule has 0 heterocycles. The van der Waals surface area contributed by atoms with Crippen molar-refractivity contribution in [2.45, 2.75) is 6.54 Å². The molecule has 0 unspecified atom stereocenters. The summed E-state index contributed by atoms with van der Waals surface area (Å²) in [6.45, 7) is -0.243. The van der Waals surface area contributed by atoms with Crippen LogP contribution in [0.3, 0.4) is 0 Å². The van der Waals surface area contributed by atoms with Crippen molar-refractivity contribution in [1.29, 1.82) is 0 Å². The number of carboxylic acid groups (broad SMARTS) is 1. The van der Waals surface area contributed by atoms with Gasteiger partial charge < -0.3 is 19.9 Å². The highest BCUT2D eigenvalue weighted by atomic mass is 16.5. The fraction of sp³-hybridized carbons (Fsp3) is 0.158. The number of rotatable bonds is 8. The van der Waals surface area contributed by atoms with Gasteiger partial charge in [0.1, 0.15) is 11.5 Å². The van der Waals surface area contributed by atoms with Gasteiger partial charge >= 0.3 is 17.8 Å². The molecular weight excluding hydrogens is 366 g/mol. The first-order chi connectivity index (χ1) is 13.5. The summed E-state index contributed by atoms with van der Waals surface area (Å²) in [6.07, 6.45) is 1.34. The van der Waals surface area contributed by atoms with E-state index in [0.717, 1.165) is 5.56 Å². The molecule has 2 aromatic rings. The summed E-state index contributed by atoms with van der Waals surface area (Å²) in [5.41, 5.74) is 3.57. The average Bonchev–Trinajstić information content (AvgIpc) is 2.71. The van der Waals surface area contributed by atoms with Gasteiger partial charge in [-0.05, 0) is 47.5 Å². The highest BCUT2D eigenvalue weighted by Crippen LogP contribution is 2.11. The normalized spacial score (nSPS) is 10.3. The summed E-state index contributed by atoms with van der Waals surface area (Å²) in [5, 5.41) is 14.7. The summed E-state index contributed by atoms with van der Waals surface area (Å²) in [4.78, 5) is 33.9. The maximum absolute atomic E-state index is 11.8. The first-order valence-corrected chi connectivity index (χ1v) is 8.17. The number of carbonyl (C=O) groups excluding carboxylic acids is 2. The van der Waals surface area contributed by atoms with E-state index in [2.05, 4.69) is 15.8 Å². The Morgan fingerprint density at radius 1 is 1.00 bits per heavy atom. The Balaban J connectivity index is 1.76. The Morgan fingerprint density at radius 3 is 2.25 bits per heavy atom. The molecule has 3 N–H and O–H groups in total. The van der Waals surface area contributed by atoms with Crippen LogP contribution in [-0.2, 0) is 20.9 Å². The summed E-state index contributed by atoms with van der Waals surface area (Å²) in [5.74, 6) is -1.69. The van der Waals surface area contributed by atoms with E-state index in [-0.39, 0.29) is 6.54 Å². The minimum absolute atomic E-state index is 0.192. The third-order valence-corrected chi connectivity index (χ3v) is 3.44. The molecule has 0 atom stereocenters. The smallest absolute Gasteiger partial charge is 0.341 e. The van der Waals surface area contributed by atoms with Crippen LogP contribution in [0.2, 0.25) is 0 Å². The zero-order chi connectivity index (χ0) is 20.4. The van der Waals surface area contributed by atoms with E-state index in [1.54, 1.807) is 55.6 Å². The maximum atomic E-state index is 11.8. The molecule has 0 aliphatic rings. The van der Waals surface area contributed by atoms with Crippen LogP contribution in [0.15, 0.2) is 53.6 Å². The Bertz CT molecular complexity index is 847.